The Labute approximate surface area is 91.5 Å². The molecule has 0 aromatic carbocycles. The van der Waals surface area contributed by atoms with Gasteiger partial charge in [0.2, 0.25) is 0 Å². The highest BCUT2D eigenvalue weighted by Gasteiger charge is 2.18. The largest absolute Gasteiger partial charge is 0.465 e. The summed E-state index contributed by atoms with van der Waals surface area (Å²) < 4.78 is 4.60. The first kappa shape index (κ1) is 13.9. The maximum atomic E-state index is 11.5. The molecule has 0 aliphatic heterocycles. The quantitative estimate of drug-likeness (QED) is 0.294. The number of rotatable bonds is 6. The molecule has 0 aromatic rings. The summed E-state index contributed by atoms with van der Waals surface area (Å²) in [6.07, 6.45) is 3.93. The topological polar surface area (TPSA) is 43.4 Å². The third-order valence-corrected chi connectivity index (χ3v) is 2.48. The fourth-order valence-corrected chi connectivity index (χ4v) is 1.34. The normalized spacial score (nSPS) is 11.7. The number of esters is 1. The van der Waals surface area contributed by atoms with Crippen LogP contribution in [0.1, 0.15) is 40.0 Å². The highest BCUT2D eigenvalue weighted by molar-refractivity contribution is 6.17. The first-order valence-corrected chi connectivity index (χ1v) is 5.43. The van der Waals surface area contributed by atoms with Crippen molar-refractivity contribution in [1.82, 2.24) is 0 Å². The van der Waals surface area contributed by atoms with E-state index in [2.05, 4.69) is 4.74 Å². The van der Waals surface area contributed by atoms with Crippen molar-refractivity contribution >= 4 is 11.8 Å². The minimum atomic E-state index is -0.520. The molecule has 0 rings (SSSR count). The minimum Gasteiger partial charge on any atom is -0.465 e. The van der Waals surface area contributed by atoms with Crippen LogP contribution in [-0.4, -0.2) is 18.9 Å². The first-order valence-electron chi connectivity index (χ1n) is 5.43. The van der Waals surface area contributed by atoms with Gasteiger partial charge in [0.15, 0.2) is 5.78 Å². The van der Waals surface area contributed by atoms with Gasteiger partial charge in [-0.2, -0.15) is 0 Å². The van der Waals surface area contributed by atoms with E-state index < -0.39 is 5.97 Å². The lowest BCUT2D eigenvalue weighted by atomic mass is 9.97. The van der Waals surface area contributed by atoms with Gasteiger partial charge in [-0.05, 0) is 18.8 Å². The molecule has 0 aromatic heterocycles. The van der Waals surface area contributed by atoms with E-state index in [-0.39, 0.29) is 17.3 Å². The van der Waals surface area contributed by atoms with E-state index in [0.29, 0.717) is 6.42 Å². The van der Waals surface area contributed by atoms with Gasteiger partial charge >= 0.3 is 5.97 Å². The van der Waals surface area contributed by atoms with Gasteiger partial charge < -0.3 is 4.74 Å². The predicted octanol–water partition coefficient (Wildman–Crippen LogP) is 2.50. The lowest BCUT2D eigenvalue weighted by Crippen LogP contribution is -2.15. The number of hydrogen-bond donors (Lipinski definition) is 0. The molecule has 0 heterocycles. The van der Waals surface area contributed by atoms with Crippen molar-refractivity contribution in [3.8, 4) is 0 Å². The van der Waals surface area contributed by atoms with Crippen molar-refractivity contribution in [2.24, 2.45) is 5.92 Å². The molecule has 15 heavy (non-hydrogen) atoms. The number of methoxy groups -OCH3 is 1. The molecule has 0 amide bonds. The number of ketones is 1. The van der Waals surface area contributed by atoms with Gasteiger partial charge in [-0.25, -0.2) is 4.79 Å². The molecule has 0 N–H and O–H groups in total. The Balaban J connectivity index is 4.91. The molecule has 0 aliphatic carbocycles. The van der Waals surface area contributed by atoms with E-state index in [0.717, 1.165) is 12.8 Å². The summed E-state index contributed by atoms with van der Waals surface area (Å²) in [6.45, 7) is 5.82. The van der Waals surface area contributed by atoms with Crippen LogP contribution in [0.4, 0.5) is 0 Å². The Hall–Kier alpha value is -1.12. The maximum Gasteiger partial charge on any atom is 0.341 e. The van der Waals surface area contributed by atoms with Gasteiger partial charge in [-0.15, -0.1) is 0 Å². The molecule has 3 nitrogen and oxygen atoms in total. The average Bonchev–Trinajstić information content (AvgIpc) is 2.29. The zero-order valence-corrected chi connectivity index (χ0v) is 10.0. The molecule has 0 aliphatic rings. The van der Waals surface area contributed by atoms with Crippen LogP contribution in [0.25, 0.3) is 0 Å². The molecule has 0 unspecified atom stereocenters. The molecule has 0 bridgehead atoms. The van der Waals surface area contributed by atoms with Crippen LogP contribution >= 0.6 is 0 Å². The van der Waals surface area contributed by atoms with Gasteiger partial charge in [0.1, 0.15) is 0 Å². The maximum absolute atomic E-state index is 11.5. The summed E-state index contributed by atoms with van der Waals surface area (Å²) in [5.41, 5.74) is 0.203. The van der Waals surface area contributed by atoms with Crippen LogP contribution < -0.4 is 0 Å². The second-order valence-corrected chi connectivity index (χ2v) is 3.43. The van der Waals surface area contributed by atoms with E-state index in [4.69, 9.17) is 0 Å². The summed E-state index contributed by atoms with van der Waals surface area (Å²) in [5.74, 6) is -0.392. The zero-order valence-electron chi connectivity index (χ0n) is 10.0. The lowest BCUT2D eigenvalue weighted by Gasteiger charge is -2.09. The minimum absolute atomic E-state index is 0.145. The summed E-state index contributed by atoms with van der Waals surface area (Å²) in [7, 11) is 1.30. The van der Waals surface area contributed by atoms with Crippen LogP contribution in [0.5, 0.6) is 0 Å². The highest BCUT2D eigenvalue weighted by atomic mass is 16.5. The van der Waals surface area contributed by atoms with Gasteiger partial charge in [0.05, 0.1) is 12.7 Å². The zero-order chi connectivity index (χ0) is 11.8. The summed E-state index contributed by atoms with van der Waals surface area (Å²) in [5, 5.41) is 0. The number of ether oxygens (including phenoxy) is 1. The van der Waals surface area contributed by atoms with E-state index in [9.17, 15) is 9.59 Å². The number of carbonyl (C=O) groups is 2. The third-order valence-electron chi connectivity index (χ3n) is 2.48. The van der Waals surface area contributed by atoms with Gasteiger partial charge in [0, 0.05) is 6.42 Å². The summed E-state index contributed by atoms with van der Waals surface area (Å²) in [6, 6.07) is 0. The molecule has 0 fully saturated rings. The second kappa shape index (κ2) is 7.21. The van der Waals surface area contributed by atoms with Crippen molar-refractivity contribution in [2.45, 2.75) is 40.0 Å². The first-order chi connectivity index (χ1) is 7.10. The number of carbonyl (C=O) groups excluding carboxylic acids is 2. The van der Waals surface area contributed by atoms with Crippen LogP contribution in [0.15, 0.2) is 11.6 Å². The lowest BCUT2D eigenvalue weighted by molar-refractivity contribution is -0.137. The molecule has 3 heteroatoms. The second-order valence-electron chi connectivity index (χ2n) is 3.43. The number of Topliss-reactive ketones (excluding diaryl/α,β-unsaturated/α-hetero) is 1. The number of hydrogen-bond acceptors (Lipinski definition) is 3. The van der Waals surface area contributed by atoms with E-state index >= 15 is 0 Å². The molecule has 0 saturated carbocycles. The van der Waals surface area contributed by atoms with Gasteiger partial charge in [-0.3, -0.25) is 4.79 Å². The Morgan fingerprint density at radius 3 is 2.07 bits per heavy atom. The molecule has 0 spiro atoms. The molecular weight excluding hydrogens is 192 g/mol. The Kier molecular flexibility index (Phi) is 6.67. The molecule has 86 valence electrons. The van der Waals surface area contributed by atoms with Crippen LogP contribution in [0, 0.1) is 5.92 Å². The fraction of sp³-hybridized carbons (Fsp3) is 0.667. The van der Waals surface area contributed by atoms with Gasteiger partial charge in [-0.1, -0.05) is 26.8 Å². The van der Waals surface area contributed by atoms with Crippen molar-refractivity contribution in [3.63, 3.8) is 0 Å². The van der Waals surface area contributed by atoms with Crippen LogP contribution in [0.3, 0.4) is 0 Å². The molecule has 0 saturated heterocycles. The van der Waals surface area contributed by atoms with E-state index in [1.807, 2.05) is 13.8 Å². The third kappa shape index (κ3) is 4.28. The number of allylic oxidation sites excluding steroid dienone is 1. The molecular formula is C12H20O3. The fourth-order valence-electron chi connectivity index (χ4n) is 1.34. The summed E-state index contributed by atoms with van der Waals surface area (Å²) in [4.78, 5) is 22.9. The van der Waals surface area contributed by atoms with Gasteiger partial charge in [0.25, 0.3) is 0 Å². The Bertz CT molecular complexity index is 232. The molecule has 0 atom stereocenters. The van der Waals surface area contributed by atoms with Crippen molar-refractivity contribution in [3.05, 3.63) is 11.6 Å². The summed E-state index contributed by atoms with van der Waals surface area (Å²) >= 11 is 0. The van der Waals surface area contributed by atoms with Crippen LogP contribution in [0.2, 0.25) is 0 Å². The highest BCUT2D eigenvalue weighted by Crippen LogP contribution is 2.14. The smallest absolute Gasteiger partial charge is 0.341 e. The SMILES string of the molecule is CCC(=O)C(=CC(CC)CC)C(=O)OC. The Morgan fingerprint density at radius 1 is 1.20 bits per heavy atom. The van der Waals surface area contributed by atoms with Crippen molar-refractivity contribution in [2.75, 3.05) is 7.11 Å². The average molecular weight is 212 g/mol. The van der Waals surface area contributed by atoms with E-state index in [1.165, 1.54) is 7.11 Å². The van der Waals surface area contributed by atoms with Crippen LogP contribution in [-0.2, 0) is 14.3 Å². The standard InChI is InChI=1S/C12H20O3/c1-5-9(6-2)8-10(11(13)7-3)12(14)15-4/h8-9H,5-7H2,1-4H3. The van der Waals surface area contributed by atoms with Crippen molar-refractivity contribution < 1.29 is 14.3 Å². The monoisotopic (exact) mass is 212 g/mol. The predicted molar refractivity (Wildman–Crippen MR) is 59.5 cm³/mol. The molecule has 0 radical (unpaired) electrons. The Morgan fingerprint density at radius 2 is 1.73 bits per heavy atom. The van der Waals surface area contributed by atoms with Crippen molar-refractivity contribution in [1.29, 1.82) is 0 Å². The van der Waals surface area contributed by atoms with E-state index in [1.54, 1.807) is 13.0 Å².